The SMILES string of the molecule is COC(=O)c1cccc(C(=O)N2CCN(c3cccc4sccc34)CC2)c1. The number of piperazine rings is 1. The molecule has 1 aliphatic rings. The van der Waals surface area contributed by atoms with Crippen molar-refractivity contribution in [2.45, 2.75) is 0 Å². The van der Waals surface area contributed by atoms with Crippen LogP contribution in [0.3, 0.4) is 0 Å². The van der Waals surface area contributed by atoms with Crippen molar-refractivity contribution < 1.29 is 14.3 Å². The van der Waals surface area contributed by atoms with Crippen LogP contribution < -0.4 is 4.90 Å². The van der Waals surface area contributed by atoms with Gasteiger partial charge in [0.2, 0.25) is 0 Å². The zero-order valence-corrected chi connectivity index (χ0v) is 15.9. The quantitative estimate of drug-likeness (QED) is 0.651. The molecule has 0 saturated carbocycles. The van der Waals surface area contributed by atoms with Crippen LogP contribution in [-0.4, -0.2) is 50.1 Å². The number of anilines is 1. The van der Waals surface area contributed by atoms with Gasteiger partial charge in [-0.25, -0.2) is 4.79 Å². The third-order valence-corrected chi connectivity index (χ3v) is 5.79. The van der Waals surface area contributed by atoms with Crippen LogP contribution in [0.2, 0.25) is 0 Å². The van der Waals surface area contributed by atoms with Crippen LogP contribution in [0, 0.1) is 0 Å². The van der Waals surface area contributed by atoms with E-state index in [0.29, 0.717) is 24.2 Å². The molecule has 1 amide bonds. The highest BCUT2D eigenvalue weighted by atomic mass is 32.1. The van der Waals surface area contributed by atoms with Crippen LogP contribution in [0.4, 0.5) is 5.69 Å². The monoisotopic (exact) mass is 380 g/mol. The van der Waals surface area contributed by atoms with Gasteiger partial charge in [0.1, 0.15) is 0 Å². The molecule has 2 aromatic carbocycles. The van der Waals surface area contributed by atoms with Gasteiger partial charge in [-0.15, -0.1) is 11.3 Å². The Hall–Kier alpha value is -2.86. The molecule has 0 unspecified atom stereocenters. The normalized spacial score (nSPS) is 14.4. The number of esters is 1. The number of rotatable bonds is 3. The molecular formula is C21H20N2O3S. The standard InChI is InChI=1S/C21H20N2O3S/c1-26-21(25)16-5-2-4-15(14-16)20(24)23-11-9-22(10-12-23)18-6-3-7-19-17(18)8-13-27-19/h2-8,13-14H,9-12H2,1H3. The third kappa shape index (κ3) is 3.40. The molecule has 0 aliphatic carbocycles. The van der Waals surface area contributed by atoms with Crippen LogP contribution >= 0.6 is 11.3 Å². The maximum atomic E-state index is 12.8. The van der Waals surface area contributed by atoms with Crippen molar-refractivity contribution in [2.75, 3.05) is 38.2 Å². The summed E-state index contributed by atoms with van der Waals surface area (Å²) in [7, 11) is 1.34. The number of hydrogen-bond acceptors (Lipinski definition) is 5. The van der Waals surface area contributed by atoms with E-state index in [1.165, 1.54) is 22.9 Å². The number of benzene rings is 2. The van der Waals surface area contributed by atoms with Crippen molar-refractivity contribution >= 4 is 39.0 Å². The number of carbonyl (C=O) groups is 2. The number of methoxy groups -OCH3 is 1. The topological polar surface area (TPSA) is 49.9 Å². The molecule has 0 atom stereocenters. The van der Waals surface area contributed by atoms with E-state index in [1.54, 1.807) is 35.6 Å². The van der Waals surface area contributed by atoms with Crippen molar-refractivity contribution in [2.24, 2.45) is 0 Å². The number of hydrogen-bond donors (Lipinski definition) is 0. The van der Waals surface area contributed by atoms with Crippen molar-refractivity contribution in [1.29, 1.82) is 0 Å². The maximum Gasteiger partial charge on any atom is 0.337 e. The van der Waals surface area contributed by atoms with E-state index in [0.717, 1.165) is 13.1 Å². The lowest BCUT2D eigenvalue weighted by atomic mass is 10.1. The number of nitrogens with zero attached hydrogens (tertiary/aromatic N) is 2. The Morgan fingerprint density at radius 3 is 2.48 bits per heavy atom. The summed E-state index contributed by atoms with van der Waals surface area (Å²) in [6, 6.07) is 15.2. The van der Waals surface area contributed by atoms with Gasteiger partial charge < -0.3 is 14.5 Å². The molecule has 138 valence electrons. The van der Waals surface area contributed by atoms with Crippen molar-refractivity contribution in [3.05, 3.63) is 65.0 Å². The fraction of sp³-hybridized carbons (Fsp3) is 0.238. The summed E-state index contributed by atoms with van der Waals surface area (Å²) in [6.45, 7) is 2.89. The van der Waals surface area contributed by atoms with Gasteiger partial charge in [0, 0.05) is 47.5 Å². The summed E-state index contributed by atoms with van der Waals surface area (Å²) in [4.78, 5) is 28.7. The largest absolute Gasteiger partial charge is 0.465 e. The molecule has 1 fully saturated rings. The minimum absolute atomic E-state index is 0.0471. The van der Waals surface area contributed by atoms with E-state index < -0.39 is 5.97 Å². The molecule has 5 nitrogen and oxygen atoms in total. The Morgan fingerprint density at radius 2 is 1.70 bits per heavy atom. The first-order valence-corrected chi connectivity index (χ1v) is 9.74. The van der Waals surface area contributed by atoms with E-state index in [4.69, 9.17) is 4.74 Å². The molecule has 1 aliphatic heterocycles. The van der Waals surface area contributed by atoms with Gasteiger partial charge in [0.25, 0.3) is 5.91 Å². The Labute approximate surface area is 161 Å². The Morgan fingerprint density at radius 1 is 0.963 bits per heavy atom. The molecule has 1 aromatic heterocycles. The zero-order valence-electron chi connectivity index (χ0n) is 15.1. The molecule has 3 aromatic rings. The first-order valence-electron chi connectivity index (χ1n) is 8.86. The first-order chi connectivity index (χ1) is 13.2. The molecule has 0 bridgehead atoms. The molecule has 1 saturated heterocycles. The van der Waals surface area contributed by atoms with Crippen molar-refractivity contribution in [3.63, 3.8) is 0 Å². The fourth-order valence-corrected chi connectivity index (χ4v) is 4.29. The molecular weight excluding hydrogens is 360 g/mol. The van der Waals surface area contributed by atoms with E-state index in [9.17, 15) is 9.59 Å². The lowest BCUT2D eigenvalue weighted by Gasteiger charge is -2.36. The predicted molar refractivity (Wildman–Crippen MR) is 108 cm³/mol. The number of carbonyl (C=O) groups excluding carboxylic acids is 2. The predicted octanol–water partition coefficient (Wildman–Crippen LogP) is 3.65. The van der Waals surface area contributed by atoms with Gasteiger partial charge in [-0.3, -0.25) is 4.79 Å². The highest BCUT2D eigenvalue weighted by Crippen LogP contribution is 2.31. The van der Waals surface area contributed by atoms with Crippen molar-refractivity contribution in [1.82, 2.24) is 4.90 Å². The third-order valence-electron chi connectivity index (χ3n) is 4.91. The zero-order chi connectivity index (χ0) is 18.8. The van der Waals surface area contributed by atoms with Crippen LogP contribution in [0.1, 0.15) is 20.7 Å². The number of ether oxygens (including phenoxy) is 1. The Balaban J connectivity index is 1.47. The van der Waals surface area contributed by atoms with E-state index >= 15 is 0 Å². The molecule has 6 heteroatoms. The number of thiophene rings is 1. The van der Waals surface area contributed by atoms with E-state index in [-0.39, 0.29) is 5.91 Å². The molecule has 4 rings (SSSR count). The first kappa shape index (κ1) is 17.5. The second kappa shape index (κ2) is 7.40. The van der Waals surface area contributed by atoms with E-state index in [1.807, 2.05) is 4.90 Å². The van der Waals surface area contributed by atoms with Gasteiger partial charge in [-0.2, -0.15) is 0 Å². The minimum Gasteiger partial charge on any atom is -0.465 e. The fourth-order valence-electron chi connectivity index (χ4n) is 3.48. The summed E-state index contributed by atoms with van der Waals surface area (Å²) in [5.74, 6) is -0.479. The summed E-state index contributed by atoms with van der Waals surface area (Å²) in [5.41, 5.74) is 2.14. The van der Waals surface area contributed by atoms with Crippen LogP contribution in [0.5, 0.6) is 0 Å². The van der Waals surface area contributed by atoms with Gasteiger partial charge in [0.05, 0.1) is 12.7 Å². The van der Waals surface area contributed by atoms with E-state index in [2.05, 4.69) is 34.5 Å². The molecule has 2 heterocycles. The summed E-state index contributed by atoms with van der Waals surface area (Å²) in [6.07, 6.45) is 0. The van der Waals surface area contributed by atoms with Crippen LogP contribution in [0.25, 0.3) is 10.1 Å². The average Bonchev–Trinajstić information content (AvgIpc) is 3.22. The second-order valence-corrected chi connectivity index (χ2v) is 7.41. The van der Waals surface area contributed by atoms with Crippen LogP contribution in [-0.2, 0) is 4.74 Å². The summed E-state index contributed by atoms with van der Waals surface area (Å²) >= 11 is 1.74. The van der Waals surface area contributed by atoms with Gasteiger partial charge in [0.15, 0.2) is 0 Å². The molecule has 0 radical (unpaired) electrons. The Kier molecular flexibility index (Phi) is 4.81. The lowest BCUT2D eigenvalue weighted by Crippen LogP contribution is -2.48. The molecule has 0 N–H and O–H groups in total. The second-order valence-electron chi connectivity index (χ2n) is 6.46. The van der Waals surface area contributed by atoms with Gasteiger partial charge in [-0.05, 0) is 41.8 Å². The summed E-state index contributed by atoms with van der Waals surface area (Å²) in [5, 5.41) is 3.38. The lowest BCUT2D eigenvalue weighted by molar-refractivity contribution is 0.0600. The number of fused-ring (bicyclic) bond motifs is 1. The summed E-state index contributed by atoms with van der Waals surface area (Å²) < 4.78 is 6.02. The molecule has 27 heavy (non-hydrogen) atoms. The van der Waals surface area contributed by atoms with Crippen LogP contribution in [0.15, 0.2) is 53.9 Å². The van der Waals surface area contributed by atoms with Gasteiger partial charge in [-0.1, -0.05) is 12.1 Å². The average molecular weight is 380 g/mol. The molecule has 0 spiro atoms. The minimum atomic E-state index is -0.432. The Bertz CT molecular complexity index is 990. The highest BCUT2D eigenvalue weighted by molar-refractivity contribution is 7.17. The van der Waals surface area contributed by atoms with Crippen molar-refractivity contribution in [3.8, 4) is 0 Å². The number of amides is 1. The maximum absolute atomic E-state index is 12.8. The smallest absolute Gasteiger partial charge is 0.337 e. The van der Waals surface area contributed by atoms with Gasteiger partial charge >= 0.3 is 5.97 Å². The highest BCUT2D eigenvalue weighted by Gasteiger charge is 2.23.